The van der Waals surface area contributed by atoms with Crippen molar-refractivity contribution >= 4 is 6.03 Å². The Kier molecular flexibility index (Phi) is 5.56. The highest BCUT2D eigenvalue weighted by atomic mass is 19.1. The molecule has 0 heterocycles. The zero-order valence-electron chi connectivity index (χ0n) is 12.4. The van der Waals surface area contributed by atoms with Gasteiger partial charge in [0, 0.05) is 26.1 Å². The summed E-state index contributed by atoms with van der Waals surface area (Å²) in [6.45, 7) is 0.938. The Morgan fingerprint density at radius 3 is 2.67 bits per heavy atom. The third kappa shape index (κ3) is 4.70. The summed E-state index contributed by atoms with van der Waals surface area (Å²) >= 11 is 0. The Bertz CT molecular complexity index is 464. The molecule has 0 aliphatic heterocycles. The summed E-state index contributed by atoms with van der Waals surface area (Å²) in [5, 5.41) is 12.7. The summed E-state index contributed by atoms with van der Waals surface area (Å²) in [6.07, 6.45) is 3.68. The maximum atomic E-state index is 12.8. The first-order valence-electron chi connectivity index (χ1n) is 7.47. The van der Waals surface area contributed by atoms with E-state index >= 15 is 0 Å². The minimum Gasteiger partial charge on any atom is -0.393 e. The van der Waals surface area contributed by atoms with Crippen molar-refractivity contribution in [3.8, 4) is 0 Å². The van der Waals surface area contributed by atoms with Gasteiger partial charge in [-0.1, -0.05) is 25.0 Å². The molecule has 2 amide bonds. The number of halogens is 1. The van der Waals surface area contributed by atoms with Crippen LogP contribution in [-0.2, 0) is 6.54 Å². The van der Waals surface area contributed by atoms with Crippen molar-refractivity contribution in [2.24, 2.45) is 5.92 Å². The molecular formula is C16H23FN2O2. The lowest BCUT2D eigenvalue weighted by Gasteiger charge is -2.31. The first kappa shape index (κ1) is 15.8. The van der Waals surface area contributed by atoms with Crippen LogP contribution in [0.15, 0.2) is 24.3 Å². The number of aliphatic hydroxyl groups excluding tert-OH is 1. The monoisotopic (exact) mass is 294 g/mol. The van der Waals surface area contributed by atoms with Crippen LogP contribution in [0.5, 0.6) is 0 Å². The van der Waals surface area contributed by atoms with E-state index in [-0.39, 0.29) is 23.9 Å². The second kappa shape index (κ2) is 7.41. The van der Waals surface area contributed by atoms with E-state index in [1.165, 1.54) is 12.1 Å². The lowest BCUT2D eigenvalue weighted by atomic mass is 9.86. The Morgan fingerprint density at radius 1 is 1.33 bits per heavy atom. The molecule has 2 N–H and O–H groups in total. The maximum absolute atomic E-state index is 12.8. The fourth-order valence-corrected chi connectivity index (χ4v) is 2.75. The predicted molar refractivity (Wildman–Crippen MR) is 79.2 cm³/mol. The Hall–Kier alpha value is -1.62. The number of hydrogen-bond donors (Lipinski definition) is 2. The van der Waals surface area contributed by atoms with Crippen LogP contribution >= 0.6 is 0 Å². The number of nitrogens with one attached hydrogen (secondary N) is 1. The van der Waals surface area contributed by atoms with Gasteiger partial charge in [-0.3, -0.25) is 0 Å². The molecule has 4 nitrogen and oxygen atoms in total. The van der Waals surface area contributed by atoms with Crippen LogP contribution < -0.4 is 5.32 Å². The number of amides is 2. The van der Waals surface area contributed by atoms with E-state index in [9.17, 15) is 14.3 Å². The van der Waals surface area contributed by atoms with Crippen molar-refractivity contribution in [3.05, 3.63) is 35.6 Å². The number of aliphatic hydroxyl groups is 1. The molecule has 116 valence electrons. The fraction of sp³-hybridized carbons (Fsp3) is 0.562. The van der Waals surface area contributed by atoms with Gasteiger partial charge in [-0.15, -0.1) is 0 Å². The standard InChI is InChI=1S/C16H23FN2O2/c1-19(11-13-4-2-3-5-15(13)20)16(21)18-10-12-6-8-14(17)9-7-12/h6-9,13,15,20H,2-5,10-11H2,1H3,(H,18,21). The number of benzene rings is 1. The number of hydrogen-bond acceptors (Lipinski definition) is 2. The Morgan fingerprint density at radius 2 is 2.00 bits per heavy atom. The highest BCUT2D eigenvalue weighted by Gasteiger charge is 2.25. The molecule has 1 aromatic carbocycles. The van der Waals surface area contributed by atoms with Gasteiger partial charge < -0.3 is 15.3 Å². The van der Waals surface area contributed by atoms with Gasteiger partial charge in [0.05, 0.1) is 6.10 Å². The highest BCUT2D eigenvalue weighted by molar-refractivity contribution is 5.73. The second-order valence-corrected chi connectivity index (χ2v) is 5.78. The highest BCUT2D eigenvalue weighted by Crippen LogP contribution is 2.24. The van der Waals surface area contributed by atoms with Crippen molar-refractivity contribution < 1.29 is 14.3 Å². The Balaban J connectivity index is 1.78. The minimum atomic E-state index is -0.300. The van der Waals surface area contributed by atoms with Crippen LogP contribution in [0.1, 0.15) is 31.2 Å². The smallest absolute Gasteiger partial charge is 0.317 e. The molecule has 1 aromatic rings. The van der Waals surface area contributed by atoms with E-state index in [4.69, 9.17) is 0 Å². The molecule has 2 atom stereocenters. The summed E-state index contributed by atoms with van der Waals surface area (Å²) < 4.78 is 12.8. The van der Waals surface area contributed by atoms with Gasteiger partial charge in [-0.2, -0.15) is 0 Å². The van der Waals surface area contributed by atoms with Crippen LogP contribution in [0, 0.1) is 11.7 Å². The van der Waals surface area contributed by atoms with Crippen molar-refractivity contribution in [3.63, 3.8) is 0 Å². The van der Waals surface area contributed by atoms with Crippen LogP contribution in [-0.4, -0.2) is 35.7 Å². The number of rotatable bonds is 4. The average Bonchev–Trinajstić information content (AvgIpc) is 2.48. The van der Waals surface area contributed by atoms with Crippen molar-refractivity contribution in [1.82, 2.24) is 10.2 Å². The molecule has 5 heteroatoms. The summed E-state index contributed by atoms with van der Waals surface area (Å²) in [4.78, 5) is 13.6. The molecule has 21 heavy (non-hydrogen) atoms. The molecule has 1 aliphatic rings. The van der Waals surface area contributed by atoms with Crippen molar-refractivity contribution in [2.75, 3.05) is 13.6 Å². The van der Waals surface area contributed by atoms with Gasteiger partial charge in [-0.25, -0.2) is 9.18 Å². The van der Waals surface area contributed by atoms with E-state index in [0.29, 0.717) is 13.1 Å². The number of carbonyl (C=O) groups excluding carboxylic acids is 1. The van der Waals surface area contributed by atoms with Crippen LogP contribution in [0.2, 0.25) is 0 Å². The quantitative estimate of drug-likeness (QED) is 0.896. The molecule has 2 unspecified atom stereocenters. The van der Waals surface area contributed by atoms with Gasteiger partial charge in [0.25, 0.3) is 0 Å². The minimum absolute atomic E-state index is 0.167. The largest absolute Gasteiger partial charge is 0.393 e. The third-order valence-electron chi connectivity index (χ3n) is 4.08. The van der Waals surface area contributed by atoms with E-state index < -0.39 is 0 Å². The molecule has 0 radical (unpaired) electrons. The fourth-order valence-electron chi connectivity index (χ4n) is 2.75. The van der Waals surface area contributed by atoms with E-state index in [1.54, 1.807) is 24.1 Å². The average molecular weight is 294 g/mol. The number of nitrogens with zero attached hydrogens (tertiary/aromatic N) is 1. The molecular weight excluding hydrogens is 271 g/mol. The second-order valence-electron chi connectivity index (χ2n) is 5.78. The zero-order valence-corrected chi connectivity index (χ0v) is 12.4. The van der Waals surface area contributed by atoms with Crippen LogP contribution in [0.3, 0.4) is 0 Å². The van der Waals surface area contributed by atoms with Gasteiger partial charge in [0.1, 0.15) is 5.82 Å². The Labute approximate surface area is 125 Å². The summed E-state index contributed by atoms with van der Waals surface area (Å²) in [6, 6.07) is 5.89. The molecule has 0 bridgehead atoms. The normalized spacial score (nSPS) is 21.9. The third-order valence-corrected chi connectivity index (χ3v) is 4.08. The summed E-state index contributed by atoms with van der Waals surface area (Å²) in [5.74, 6) is -0.117. The lowest BCUT2D eigenvalue weighted by Crippen LogP contribution is -2.42. The lowest BCUT2D eigenvalue weighted by molar-refractivity contribution is 0.0565. The summed E-state index contributed by atoms with van der Waals surface area (Å²) in [5.41, 5.74) is 0.857. The first-order valence-corrected chi connectivity index (χ1v) is 7.47. The molecule has 2 rings (SSSR count). The number of urea groups is 1. The van der Waals surface area contributed by atoms with Crippen molar-refractivity contribution in [2.45, 2.75) is 38.3 Å². The molecule has 1 saturated carbocycles. The topological polar surface area (TPSA) is 52.6 Å². The molecule has 0 aromatic heterocycles. The zero-order chi connectivity index (χ0) is 15.2. The van der Waals surface area contributed by atoms with Crippen LogP contribution in [0.4, 0.5) is 9.18 Å². The van der Waals surface area contributed by atoms with Gasteiger partial charge in [0.15, 0.2) is 0 Å². The SMILES string of the molecule is CN(CC1CCCCC1O)C(=O)NCc1ccc(F)cc1. The molecule has 1 fully saturated rings. The molecule has 0 saturated heterocycles. The predicted octanol–water partition coefficient (Wildman–Crippen LogP) is 2.52. The van der Waals surface area contributed by atoms with E-state index in [2.05, 4.69) is 5.32 Å². The van der Waals surface area contributed by atoms with Gasteiger partial charge in [0.2, 0.25) is 0 Å². The van der Waals surface area contributed by atoms with Gasteiger partial charge in [-0.05, 0) is 30.5 Å². The van der Waals surface area contributed by atoms with E-state index in [0.717, 1.165) is 31.2 Å². The molecule has 1 aliphatic carbocycles. The summed E-state index contributed by atoms with van der Waals surface area (Å²) in [7, 11) is 1.74. The van der Waals surface area contributed by atoms with Gasteiger partial charge >= 0.3 is 6.03 Å². The first-order chi connectivity index (χ1) is 10.1. The van der Waals surface area contributed by atoms with E-state index in [1.807, 2.05) is 0 Å². The molecule has 0 spiro atoms. The van der Waals surface area contributed by atoms with Crippen LogP contribution in [0.25, 0.3) is 0 Å². The van der Waals surface area contributed by atoms with Crippen molar-refractivity contribution in [1.29, 1.82) is 0 Å². The number of carbonyl (C=O) groups is 1. The maximum Gasteiger partial charge on any atom is 0.317 e.